The second-order valence-electron chi connectivity index (χ2n) is 4.73. The third-order valence-electron chi connectivity index (χ3n) is 3.55. The molecule has 2 heterocycles. The van der Waals surface area contributed by atoms with Gasteiger partial charge in [0.2, 0.25) is 10.0 Å². The van der Waals surface area contributed by atoms with Gasteiger partial charge in [-0.1, -0.05) is 0 Å². The summed E-state index contributed by atoms with van der Waals surface area (Å²) in [6.45, 7) is 1.06. The van der Waals surface area contributed by atoms with Crippen LogP contribution < -0.4 is 0 Å². The van der Waals surface area contributed by atoms with Crippen molar-refractivity contribution in [1.82, 2.24) is 4.31 Å². The van der Waals surface area contributed by atoms with Crippen molar-refractivity contribution in [3.8, 4) is 0 Å². The highest BCUT2D eigenvalue weighted by Crippen LogP contribution is 2.34. The molecule has 0 bridgehead atoms. The predicted octanol–water partition coefficient (Wildman–Crippen LogP) is 0.732. The smallest absolute Gasteiger partial charge is 0.216 e. The van der Waals surface area contributed by atoms with Crippen molar-refractivity contribution in [2.45, 2.75) is 5.92 Å². The molecule has 0 saturated carbocycles. The number of nitrogens with zero attached hydrogens (tertiary/aromatic N) is 1. The Bertz CT molecular complexity index is 486. The Hall–Kier alpha value is -0.470. The average Bonchev–Trinajstić information content (AvgIpc) is 3.04. The van der Waals surface area contributed by atoms with E-state index in [0.29, 0.717) is 13.1 Å². The summed E-state index contributed by atoms with van der Waals surface area (Å²) in [5.41, 5.74) is 1.12. The number of sulfonamides is 1. The largest absolute Gasteiger partial charge is 0.396 e. The van der Waals surface area contributed by atoms with Crippen molar-refractivity contribution in [2.75, 3.05) is 39.2 Å². The molecule has 1 aromatic rings. The zero-order valence-corrected chi connectivity index (χ0v) is 12.5. The molecule has 1 N–H and O–H groups in total. The van der Waals surface area contributed by atoms with Crippen molar-refractivity contribution < 1.29 is 18.3 Å². The predicted molar refractivity (Wildman–Crippen MR) is 74.9 cm³/mol. The number of thiophene rings is 1. The number of ether oxygens (including phenoxy) is 1. The van der Waals surface area contributed by atoms with Crippen LogP contribution in [0, 0.1) is 5.92 Å². The third kappa shape index (κ3) is 3.35. The van der Waals surface area contributed by atoms with Gasteiger partial charge in [0, 0.05) is 38.6 Å². The Morgan fingerprint density at radius 3 is 2.89 bits per heavy atom. The van der Waals surface area contributed by atoms with Crippen LogP contribution in [0.5, 0.6) is 0 Å². The van der Waals surface area contributed by atoms with E-state index in [2.05, 4.69) is 0 Å². The lowest BCUT2D eigenvalue weighted by Gasteiger charge is -2.15. The van der Waals surface area contributed by atoms with Crippen LogP contribution in [0.1, 0.15) is 11.5 Å². The lowest BCUT2D eigenvalue weighted by molar-refractivity contribution is 0.214. The highest BCUT2D eigenvalue weighted by Gasteiger charge is 2.38. The molecule has 1 aliphatic heterocycles. The molecule has 0 aliphatic carbocycles. The summed E-state index contributed by atoms with van der Waals surface area (Å²) < 4.78 is 30.6. The number of aliphatic hydroxyl groups is 1. The fourth-order valence-electron chi connectivity index (χ4n) is 2.43. The van der Waals surface area contributed by atoms with E-state index in [1.165, 1.54) is 11.4 Å². The van der Waals surface area contributed by atoms with Crippen molar-refractivity contribution >= 4 is 21.4 Å². The second-order valence-corrected chi connectivity index (χ2v) is 7.60. The Balaban J connectivity index is 2.11. The van der Waals surface area contributed by atoms with Gasteiger partial charge < -0.3 is 9.84 Å². The van der Waals surface area contributed by atoms with Crippen LogP contribution in [-0.2, 0) is 14.8 Å². The van der Waals surface area contributed by atoms with Gasteiger partial charge in [0.25, 0.3) is 0 Å². The molecule has 5 nitrogen and oxygen atoms in total. The molecule has 1 fully saturated rings. The number of aliphatic hydroxyl groups excluding tert-OH is 1. The van der Waals surface area contributed by atoms with Crippen LogP contribution in [0.15, 0.2) is 16.8 Å². The molecule has 2 rings (SSSR count). The van der Waals surface area contributed by atoms with Crippen LogP contribution in [-0.4, -0.2) is 57.0 Å². The Labute approximate surface area is 117 Å². The highest BCUT2D eigenvalue weighted by atomic mass is 32.2. The van der Waals surface area contributed by atoms with E-state index in [-0.39, 0.29) is 30.8 Å². The number of methoxy groups -OCH3 is 1. The summed E-state index contributed by atoms with van der Waals surface area (Å²) in [6.07, 6.45) is 0. The SMILES string of the molecule is COCCS(=O)(=O)N1C[C@H](CO)[C@@H](c2ccsc2)C1. The van der Waals surface area contributed by atoms with Gasteiger partial charge in [-0.3, -0.25) is 0 Å². The highest BCUT2D eigenvalue weighted by molar-refractivity contribution is 7.89. The summed E-state index contributed by atoms with van der Waals surface area (Å²) in [6, 6.07) is 2.00. The van der Waals surface area contributed by atoms with Crippen LogP contribution in [0.25, 0.3) is 0 Å². The lowest BCUT2D eigenvalue weighted by atomic mass is 9.92. The molecule has 1 saturated heterocycles. The van der Waals surface area contributed by atoms with E-state index in [1.807, 2.05) is 16.8 Å². The van der Waals surface area contributed by atoms with E-state index in [1.54, 1.807) is 11.3 Å². The molecule has 1 aromatic heterocycles. The number of hydrogen-bond acceptors (Lipinski definition) is 5. The van der Waals surface area contributed by atoms with Crippen LogP contribution in [0.4, 0.5) is 0 Å². The molecule has 0 amide bonds. The monoisotopic (exact) mass is 305 g/mol. The van der Waals surface area contributed by atoms with Gasteiger partial charge in [-0.05, 0) is 22.4 Å². The molecule has 19 heavy (non-hydrogen) atoms. The van der Waals surface area contributed by atoms with E-state index in [4.69, 9.17) is 4.74 Å². The van der Waals surface area contributed by atoms with Crippen LogP contribution in [0.2, 0.25) is 0 Å². The molecule has 0 unspecified atom stereocenters. The molecule has 0 radical (unpaired) electrons. The first kappa shape index (κ1) is 14.9. The molecular formula is C12H19NO4S2. The van der Waals surface area contributed by atoms with Crippen molar-refractivity contribution in [3.05, 3.63) is 22.4 Å². The van der Waals surface area contributed by atoms with Gasteiger partial charge in [0.15, 0.2) is 0 Å². The Morgan fingerprint density at radius 2 is 2.32 bits per heavy atom. The number of hydrogen-bond donors (Lipinski definition) is 1. The minimum Gasteiger partial charge on any atom is -0.396 e. The standard InChI is InChI=1S/C12H19NO4S2/c1-17-3-5-19(15,16)13-6-11(8-14)12(7-13)10-2-4-18-9-10/h2,4,9,11-12,14H,3,5-8H2,1H3/t11-,12-/m1/s1. The van der Waals surface area contributed by atoms with Gasteiger partial charge in [-0.25, -0.2) is 12.7 Å². The fourth-order valence-corrected chi connectivity index (χ4v) is 4.59. The minimum absolute atomic E-state index is 0.00198. The third-order valence-corrected chi connectivity index (χ3v) is 6.02. The topological polar surface area (TPSA) is 66.8 Å². The summed E-state index contributed by atoms with van der Waals surface area (Å²) in [5, 5.41) is 13.5. The van der Waals surface area contributed by atoms with Gasteiger partial charge in [-0.2, -0.15) is 11.3 Å². The van der Waals surface area contributed by atoms with Crippen molar-refractivity contribution in [3.63, 3.8) is 0 Å². The number of rotatable bonds is 6. The van der Waals surface area contributed by atoms with E-state index in [0.717, 1.165) is 5.56 Å². The normalized spacial score (nSPS) is 24.9. The molecule has 0 spiro atoms. The summed E-state index contributed by atoms with van der Waals surface area (Å²) in [5.74, 6) is 0.0679. The zero-order valence-electron chi connectivity index (χ0n) is 10.9. The van der Waals surface area contributed by atoms with Crippen molar-refractivity contribution in [2.24, 2.45) is 5.92 Å². The maximum absolute atomic E-state index is 12.1. The van der Waals surface area contributed by atoms with Gasteiger partial charge in [0.05, 0.1) is 12.4 Å². The van der Waals surface area contributed by atoms with E-state index < -0.39 is 10.0 Å². The Kier molecular flexibility index (Phi) is 4.97. The average molecular weight is 305 g/mol. The van der Waals surface area contributed by atoms with Crippen molar-refractivity contribution in [1.29, 1.82) is 0 Å². The summed E-state index contributed by atoms with van der Waals surface area (Å²) >= 11 is 1.59. The molecule has 2 atom stereocenters. The quantitative estimate of drug-likeness (QED) is 0.841. The minimum atomic E-state index is -3.29. The lowest BCUT2D eigenvalue weighted by Crippen LogP contribution is -2.32. The molecule has 1 aliphatic rings. The van der Waals surface area contributed by atoms with Gasteiger partial charge in [0.1, 0.15) is 0 Å². The molecular weight excluding hydrogens is 286 g/mol. The first-order valence-corrected chi connectivity index (χ1v) is 8.73. The fraction of sp³-hybridized carbons (Fsp3) is 0.667. The van der Waals surface area contributed by atoms with Crippen LogP contribution >= 0.6 is 11.3 Å². The van der Waals surface area contributed by atoms with E-state index in [9.17, 15) is 13.5 Å². The first-order chi connectivity index (χ1) is 9.08. The van der Waals surface area contributed by atoms with E-state index >= 15 is 0 Å². The Morgan fingerprint density at radius 1 is 1.53 bits per heavy atom. The second kappa shape index (κ2) is 6.32. The maximum Gasteiger partial charge on any atom is 0.216 e. The molecule has 0 aromatic carbocycles. The summed E-state index contributed by atoms with van der Waals surface area (Å²) in [4.78, 5) is 0. The van der Waals surface area contributed by atoms with Crippen LogP contribution in [0.3, 0.4) is 0 Å². The molecule has 108 valence electrons. The zero-order chi connectivity index (χ0) is 13.9. The first-order valence-electron chi connectivity index (χ1n) is 6.18. The maximum atomic E-state index is 12.1. The molecule has 7 heteroatoms. The van der Waals surface area contributed by atoms with Gasteiger partial charge >= 0.3 is 0 Å². The summed E-state index contributed by atoms with van der Waals surface area (Å²) in [7, 11) is -1.80. The van der Waals surface area contributed by atoms with Gasteiger partial charge in [-0.15, -0.1) is 0 Å².